The normalized spacial score (nSPS) is 12.2. The first-order chi connectivity index (χ1) is 8.70. The highest BCUT2D eigenvalue weighted by Gasteiger charge is 2.11. The van der Waals surface area contributed by atoms with Crippen molar-refractivity contribution in [3.05, 3.63) is 52.8 Å². The van der Waals surface area contributed by atoms with Crippen LogP contribution in [0.4, 0.5) is 0 Å². The molecular formula is C14H14BrNO2. The van der Waals surface area contributed by atoms with Crippen molar-refractivity contribution in [2.45, 2.75) is 19.4 Å². The smallest absolute Gasteiger partial charge is 0.146 e. The molecule has 3 nitrogen and oxygen atoms in total. The third-order valence-electron chi connectivity index (χ3n) is 2.57. The second kappa shape index (κ2) is 5.98. The van der Waals surface area contributed by atoms with E-state index < -0.39 is 6.10 Å². The highest BCUT2D eigenvalue weighted by molar-refractivity contribution is 9.10. The number of rotatable bonds is 4. The van der Waals surface area contributed by atoms with Crippen LogP contribution in [0.15, 0.2) is 47.2 Å². The monoisotopic (exact) mass is 307 g/mol. The number of aliphatic hydroxyl groups is 1. The second-order valence-corrected chi connectivity index (χ2v) is 4.82. The molecule has 0 aliphatic rings. The van der Waals surface area contributed by atoms with Gasteiger partial charge in [0.2, 0.25) is 0 Å². The summed E-state index contributed by atoms with van der Waals surface area (Å²) in [5.41, 5.74) is 0.792. The van der Waals surface area contributed by atoms with E-state index in [4.69, 9.17) is 4.74 Å². The minimum atomic E-state index is -0.513. The van der Waals surface area contributed by atoms with Crippen molar-refractivity contribution in [3.63, 3.8) is 0 Å². The van der Waals surface area contributed by atoms with Crippen LogP contribution in [-0.2, 0) is 0 Å². The molecule has 0 radical (unpaired) electrons. The predicted molar refractivity (Wildman–Crippen MR) is 73.7 cm³/mol. The zero-order valence-corrected chi connectivity index (χ0v) is 11.6. The van der Waals surface area contributed by atoms with Crippen LogP contribution < -0.4 is 4.74 Å². The Hall–Kier alpha value is -1.39. The van der Waals surface area contributed by atoms with Crippen LogP contribution in [0.1, 0.15) is 25.0 Å². The van der Waals surface area contributed by atoms with Gasteiger partial charge in [-0.3, -0.25) is 4.98 Å². The van der Waals surface area contributed by atoms with Gasteiger partial charge in [0.15, 0.2) is 0 Å². The molecule has 1 aromatic heterocycles. The van der Waals surface area contributed by atoms with E-state index in [9.17, 15) is 5.11 Å². The molecule has 0 saturated carbocycles. The van der Waals surface area contributed by atoms with Crippen LogP contribution >= 0.6 is 15.9 Å². The van der Waals surface area contributed by atoms with Gasteiger partial charge in [0.05, 0.1) is 12.3 Å². The van der Waals surface area contributed by atoms with Gasteiger partial charge in [0.25, 0.3) is 0 Å². The van der Waals surface area contributed by atoms with Gasteiger partial charge in [-0.25, -0.2) is 0 Å². The summed E-state index contributed by atoms with van der Waals surface area (Å²) in [6, 6.07) is 9.32. The summed E-state index contributed by atoms with van der Waals surface area (Å²) in [7, 11) is 0. The number of hydrogen-bond acceptors (Lipinski definition) is 3. The fourth-order valence-corrected chi connectivity index (χ4v) is 1.99. The maximum absolute atomic E-state index is 9.94. The number of halogens is 1. The SMILES string of the molecule is CCC(O)c1ccccc1Oc1cncc(Br)c1. The summed E-state index contributed by atoms with van der Waals surface area (Å²) in [5.74, 6) is 1.30. The topological polar surface area (TPSA) is 42.4 Å². The van der Waals surface area contributed by atoms with E-state index in [1.807, 2.05) is 37.3 Å². The highest BCUT2D eigenvalue weighted by atomic mass is 79.9. The molecule has 2 rings (SSSR count). The fraction of sp³-hybridized carbons (Fsp3) is 0.214. The predicted octanol–water partition coefficient (Wildman–Crippen LogP) is 4.08. The van der Waals surface area contributed by atoms with Crippen molar-refractivity contribution >= 4 is 15.9 Å². The molecule has 94 valence electrons. The van der Waals surface area contributed by atoms with Crippen molar-refractivity contribution in [3.8, 4) is 11.5 Å². The molecule has 0 aliphatic carbocycles. The average Bonchev–Trinajstić information content (AvgIpc) is 2.38. The van der Waals surface area contributed by atoms with Crippen LogP contribution in [0.2, 0.25) is 0 Å². The molecule has 1 N–H and O–H groups in total. The molecular weight excluding hydrogens is 294 g/mol. The van der Waals surface area contributed by atoms with E-state index in [0.717, 1.165) is 10.0 Å². The maximum Gasteiger partial charge on any atom is 0.146 e. The number of hydrogen-bond donors (Lipinski definition) is 1. The third-order valence-corrected chi connectivity index (χ3v) is 3.01. The Bertz CT molecular complexity index is 531. The Morgan fingerprint density at radius 2 is 2.11 bits per heavy atom. The molecule has 4 heteroatoms. The lowest BCUT2D eigenvalue weighted by molar-refractivity contribution is 0.170. The van der Waals surface area contributed by atoms with Gasteiger partial charge in [0, 0.05) is 16.2 Å². The number of ether oxygens (including phenoxy) is 1. The number of benzene rings is 1. The van der Waals surface area contributed by atoms with Crippen molar-refractivity contribution in [1.29, 1.82) is 0 Å². The van der Waals surface area contributed by atoms with Gasteiger partial charge in [-0.15, -0.1) is 0 Å². The molecule has 1 aromatic carbocycles. The molecule has 0 amide bonds. The van der Waals surface area contributed by atoms with Gasteiger partial charge >= 0.3 is 0 Å². The number of para-hydroxylation sites is 1. The average molecular weight is 308 g/mol. The minimum absolute atomic E-state index is 0.513. The summed E-state index contributed by atoms with van der Waals surface area (Å²) in [6.07, 6.45) is 3.47. The van der Waals surface area contributed by atoms with Gasteiger partial charge in [-0.05, 0) is 34.5 Å². The Morgan fingerprint density at radius 3 is 2.83 bits per heavy atom. The lowest BCUT2D eigenvalue weighted by Crippen LogP contribution is -1.98. The van der Waals surface area contributed by atoms with Crippen LogP contribution in [0.25, 0.3) is 0 Å². The first kappa shape index (κ1) is 13.1. The van der Waals surface area contributed by atoms with Crippen molar-refractivity contribution in [1.82, 2.24) is 4.98 Å². The molecule has 0 aliphatic heterocycles. The number of pyridine rings is 1. The van der Waals surface area contributed by atoms with E-state index in [0.29, 0.717) is 17.9 Å². The van der Waals surface area contributed by atoms with Crippen LogP contribution in [0.5, 0.6) is 11.5 Å². The standard InChI is InChI=1S/C14H14BrNO2/c1-2-13(17)12-5-3-4-6-14(12)18-11-7-10(15)8-16-9-11/h3-9,13,17H,2H2,1H3. The molecule has 18 heavy (non-hydrogen) atoms. The zero-order chi connectivity index (χ0) is 13.0. The Labute approximate surface area is 115 Å². The largest absolute Gasteiger partial charge is 0.455 e. The Kier molecular flexibility index (Phi) is 4.33. The van der Waals surface area contributed by atoms with Crippen molar-refractivity contribution in [2.24, 2.45) is 0 Å². The second-order valence-electron chi connectivity index (χ2n) is 3.90. The van der Waals surface area contributed by atoms with Gasteiger partial charge in [-0.2, -0.15) is 0 Å². The van der Waals surface area contributed by atoms with Gasteiger partial charge in [0.1, 0.15) is 11.5 Å². The molecule has 1 heterocycles. The molecule has 0 saturated heterocycles. The van der Waals surface area contributed by atoms with E-state index >= 15 is 0 Å². The Morgan fingerprint density at radius 1 is 1.33 bits per heavy atom. The first-order valence-corrected chi connectivity index (χ1v) is 6.55. The fourth-order valence-electron chi connectivity index (χ4n) is 1.64. The number of aliphatic hydroxyl groups excluding tert-OH is 1. The summed E-state index contributed by atoms with van der Waals surface area (Å²) in [5, 5.41) is 9.94. The first-order valence-electron chi connectivity index (χ1n) is 5.76. The zero-order valence-electron chi connectivity index (χ0n) is 10.0. The number of nitrogens with zero attached hydrogens (tertiary/aromatic N) is 1. The van der Waals surface area contributed by atoms with Crippen molar-refractivity contribution in [2.75, 3.05) is 0 Å². The summed E-state index contributed by atoms with van der Waals surface area (Å²) in [6.45, 7) is 1.93. The maximum atomic E-state index is 9.94. The van der Waals surface area contributed by atoms with Crippen LogP contribution in [0, 0.1) is 0 Å². The number of aromatic nitrogens is 1. The lowest BCUT2D eigenvalue weighted by atomic mass is 10.1. The third kappa shape index (κ3) is 3.09. The molecule has 0 spiro atoms. The molecule has 1 atom stereocenters. The lowest BCUT2D eigenvalue weighted by Gasteiger charge is -2.14. The van der Waals surface area contributed by atoms with E-state index in [2.05, 4.69) is 20.9 Å². The van der Waals surface area contributed by atoms with Crippen molar-refractivity contribution < 1.29 is 9.84 Å². The minimum Gasteiger partial charge on any atom is -0.455 e. The van der Waals surface area contributed by atoms with E-state index in [-0.39, 0.29) is 0 Å². The van der Waals surface area contributed by atoms with Crippen LogP contribution in [-0.4, -0.2) is 10.1 Å². The van der Waals surface area contributed by atoms with E-state index in [1.54, 1.807) is 12.4 Å². The molecule has 0 bridgehead atoms. The van der Waals surface area contributed by atoms with E-state index in [1.165, 1.54) is 0 Å². The van der Waals surface area contributed by atoms with Gasteiger partial charge in [-0.1, -0.05) is 25.1 Å². The summed E-state index contributed by atoms with van der Waals surface area (Å²) in [4.78, 5) is 4.04. The summed E-state index contributed by atoms with van der Waals surface area (Å²) >= 11 is 3.34. The molecule has 2 aromatic rings. The highest BCUT2D eigenvalue weighted by Crippen LogP contribution is 2.31. The Balaban J connectivity index is 2.29. The quantitative estimate of drug-likeness (QED) is 0.925. The molecule has 0 fully saturated rings. The van der Waals surface area contributed by atoms with Crippen LogP contribution in [0.3, 0.4) is 0 Å². The van der Waals surface area contributed by atoms with Gasteiger partial charge < -0.3 is 9.84 Å². The molecule has 1 unspecified atom stereocenters. The summed E-state index contributed by atoms with van der Waals surface area (Å²) < 4.78 is 6.62.